The molecule has 3 rings (SSSR count). The normalized spacial score (nSPS) is 11.5. The average Bonchev–Trinajstić information content (AvgIpc) is 3.03. The molecule has 0 aliphatic rings. The van der Waals surface area contributed by atoms with Crippen molar-refractivity contribution in [1.82, 2.24) is 10.4 Å². The van der Waals surface area contributed by atoms with Crippen molar-refractivity contribution in [3.63, 3.8) is 0 Å². The number of carbonyl (C=O) groups excluding carboxylic acids is 1. The van der Waals surface area contributed by atoms with Crippen LogP contribution < -0.4 is 10.2 Å². The molecule has 0 fully saturated rings. The van der Waals surface area contributed by atoms with E-state index in [1.807, 2.05) is 24.3 Å². The first-order valence-corrected chi connectivity index (χ1v) is 8.32. The molecule has 24 heavy (non-hydrogen) atoms. The Balaban J connectivity index is 1.82. The number of hydrogen-bond donors (Lipinski definition) is 1. The van der Waals surface area contributed by atoms with E-state index in [2.05, 4.69) is 15.5 Å². The quantitative estimate of drug-likeness (QED) is 0.563. The number of aromatic nitrogens is 1. The van der Waals surface area contributed by atoms with Crippen molar-refractivity contribution >= 4 is 44.8 Å². The monoisotopic (exact) mass is 359 g/mol. The number of benzene rings is 2. The number of methoxy groups -OCH3 is 1. The fourth-order valence-corrected chi connectivity index (χ4v) is 3.21. The van der Waals surface area contributed by atoms with E-state index in [0.717, 1.165) is 15.2 Å². The second-order valence-electron chi connectivity index (χ2n) is 4.97. The number of nitrogens with one attached hydrogen (secondary N) is 1. The average molecular weight is 360 g/mol. The van der Waals surface area contributed by atoms with E-state index in [1.54, 1.807) is 19.1 Å². The molecule has 0 saturated heterocycles. The van der Waals surface area contributed by atoms with E-state index in [0.29, 0.717) is 22.0 Å². The Labute approximate surface area is 147 Å². The van der Waals surface area contributed by atoms with E-state index in [9.17, 15) is 4.79 Å². The van der Waals surface area contributed by atoms with Gasteiger partial charge in [0.05, 0.1) is 28.6 Å². The second kappa shape index (κ2) is 6.98. The summed E-state index contributed by atoms with van der Waals surface area (Å²) < 4.78 is 6.25. The molecule has 2 aromatic carbocycles. The molecule has 0 aliphatic carbocycles. The number of thiazole rings is 1. The largest absolute Gasteiger partial charge is 0.496 e. The second-order valence-corrected chi connectivity index (χ2v) is 6.44. The minimum absolute atomic E-state index is 0.325. The molecule has 0 unspecified atom stereocenters. The molecule has 0 aliphatic heterocycles. The Morgan fingerprint density at radius 1 is 1.29 bits per heavy atom. The zero-order chi connectivity index (χ0) is 17.1. The zero-order valence-electron chi connectivity index (χ0n) is 13.0. The van der Waals surface area contributed by atoms with Crippen molar-refractivity contribution in [1.29, 1.82) is 0 Å². The van der Waals surface area contributed by atoms with Gasteiger partial charge in [0.2, 0.25) is 0 Å². The summed E-state index contributed by atoms with van der Waals surface area (Å²) in [6.45, 7) is 1.80. The molecule has 1 aromatic heterocycles. The van der Waals surface area contributed by atoms with E-state index < -0.39 is 5.91 Å². The number of nitrogens with zero attached hydrogens (tertiary/aromatic N) is 2. The molecular formula is C17H14ClN3O2S. The SMILES string of the molecule is COc1ccc(Cl)cc1C(=O)N/N=C(\C)c1nc2ccccc2s1. The number of halogens is 1. The van der Waals surface area contributed by atoms with E-state index in [4.69, 9.17) is 16.3 Å². The van der Waals surface area contributed by atoms with Crippen LogP contribution in [0.2, 0.25) is 5.02 Å². The van der Waals surface area contributed by atoms with Gasteiger partial charge in [0.25, 0.3) is 5.91 Å². The first-order valence-electron chi connectivity index (χ1n) is 7.12. The minimum Gasteiger partial charge on any atom is -0.496 e. The fraction of sp³-hybridized carbons (Fsp3) is 0.118. The molecule has 0 bridgehead atoms. The third-order valence-corrected chi connectivity index (χ3v) is 4.71. The maximum atomic E-state index is 12.3. The lowest BCUT2D eigenvalue weighted by Crippen LogP contribution is -2.20. The predicted molar refractivity (Wildman–Crippen MR) is 97.3 cm³/mol. The van der Waals surface area contributed by atoms with E-state index in [1.165, 1.54) is 24.5 Å². The summed E-state index contributed by atoms with van der Waals surface area (Å²) in [7, 11) is 1.50. The maximum absolute atomic E-state index is 12.3. The van der Waals surface area contributed by atoms with E-state index in [-0.39, 0.29) is 0 Å². The number of hydrazone groups is 1. The summed E-state index contributed by atoms with van der Waals surface area (Å²) >= 11 is 7.47. The topological polar surface area (TPSA) is 63.6 Å². The van der Waals surface area contributed by atoms with Crippen molar-refractivity contribution in [2.45, 2.75) is 6.92 Å². The summed E-state index contributed by atoms with van der Waals surface area (Å²) in [6.07, 6.45) is 0. The van der Waals surface area contributed by atoms with Gasteiger partial charge in [-0.2, -0.15) is 5.10 Å². The molecule has 1 N–H and O–H groups in total. The molecule has 1 amide bonds. The van der Waals surface area contributed by atoms with Gasteiger partial charge in [0.1, 0.15) is 10.8 Å². The summed E-state index contributed by atoms with van der Waals surface area (Å²) in [6, 6.07) is 12.7. The van der Waals surface area contributed by atoms with Gasteiger partial charge < -0.3 is 4.74 Å². The Hall–Kier alpha value is -2.44. The summed E-state index contributed by atoms with van der Waals surface area (Å²) in [4.78, 5) is 16.8. The molecule has 122 valence electrons. The Morgan fingerprint density at radius 2 is 2.08 bits per heavy atom. The highest BCUT2D eigenvalue weighted by atomic mass is 35.5. The molecule has 0 spiro atoms. The summed E-state index contributed by atoms with van der Waals surface area (Å²) in [5.41, 5.74) is 4.39. The van der Waals surface area contributed by atoms with Gasteiger partial charge in [-0.05, 0) is 37.3 Å². The molecule has 0 radical (unpaired) electrons. The summed E-state index contributed by atoms with van der Waals surface area (Å²) in [5.74, 6) is 0.0413. The maximum Gasteiger partial charge on any atom is 0.275 e. The lowest BCUT2D eigenvalue weighted by molar-refractivity contribution is 0.0952. The van der Waals surface area contributed by atoms with Crippen molar-refractivity contribution < 1.29 is 9.53 Å². The Bertz CT molecular complexity index is 903. The fourth-order valence-electron chi connectivity index (χ4n) is 2.13. The summed E-state index contributed by atoms with van der Waals surface area (Å²) in [5, 5.41) is 5.35. The van der Waals surface area contributed by atoms with Crippen LogP contribution in [0.1, 0.15) is 22.3 Å². The number of carbonyl (C=O) groups is 1. The lowest BCUT2D eigenvalue weighted by atomic mass is 10.2. The highest BCUT2D eigenvalue weighted by molar-refractivity contribution is 7.20. The number of ether oxygens (including phenoxy) is 1. The first kappa shape index (κ1) is 16.4. The van der Waals surface area contributed by atoms with Crippen LogP contribution in [0, 0.1) is 0 Å². The standard InChI is InChI=1S/C17H14ClN3O2S/c1-10(17-19-13-5-3-4-6-15(13)24-17)20-21-16(22)12-9-11(18)7-8-14(12)23-2/h3-9H,1-2H3,(H,21,22)/b20-10+. The van der Waals surface area contributed by atoms with Gasteiger partial charge in [-0.25, -0.2) is 10.4 Å². The van der Waals surface area contributed by atoms with Crippen molar-refractivity contribution in [3.05, 3.63) is 58.1 Å². The molecule has 0 atom stereocenters. The Morgan fingerprint density at radius 3 is 2.83 bits per heavy atom. The van der Waals surface area contributed by atoms with Gasteiger partial charge in [-0.3, -0.25) is 4.79 Å². The molecular weight excluding hydrogens is 346 g/mol. The van der Waals surface area contributed by atoms with Gasteiger partial charge in [0.15, 0.2) is 0 Å². The highest BCUT2D eigenvalue weighted by Gasteiger charge is 2.13. The number of para-hydroxylation sites is 1. The predicted octanol–water partition coefficient (Wildman–Crippen LogP) is 4.11. The van der Waals surface area contributed by atoms with Gasteiger partial charge >= 0.3 is 0 Å². The number of amides is 1. The molecule has 0 saturated carbocycles. The van der Waals surface area contributed by atoms with Gasteiger partial charge in [-0.1, -0.05) is 23.7 Å². The van der Waals surface area contributed by atoms with Crippen LogP contribution in [0.5, 0.6) is 5.75 Å². The molecule has 7 heteroatoms. The van der Waals surface area contributed by atoms with E-state index >= 15 is 0 Å². The van der Waals surface area contributed by atoms with Crippen LogP contribution in [0.25, 0.3) is 10.2 Å². The smallest absolute Gasteiger partial charge is 0.275 e. The van der Waals surface area contributed by atoms with Crippen LogP contribution >= 0.6 is 22.9 Å². The number of rotatable bonds is 4. The van der Waals surface area contributed by atoms with Gasteiger partial charge in [0, 0.05) is 5.02 Å². The minimum atomic E-state index is -0.394. The van der Waals surface area contributed by atoms with Crippen molar-refractivity contribution in [2.75, 3.05) is 7.11 Å². The van der Waals surface area contributed by atoms with Crippen LogP contribution in [-0.4, -0.2) is 23.7 Å². The molecule has 1 heterocycles. The van der Waals surface area contributed by atoms with Crippen LogP contribution in [0.15, 0.2) is 47.6 Å². The molecule has 5 nitrogen and oxygen atoms in total. The Kier molecular flexibility index (Phi) is 4.78. The third-order valence-electron chi connectivity index (χ3n) is 3.33. The first-order chi connectivity index (χ1) is 11.6. The lowest BCUT2D eigenvalue weighted by Gasteiger charge is -2.07. The third kappa shape index (κ3) is 3.39. The van der Waals surface area contributed by atoms with Crippen LogP contribution in [0.3, 0.4) is 0 Å². The number of fused-ring (bicyclic) bond motifs is 1. The van der Waals surface area contributed by atoms with Crippen molar-refractivity contribution in [3.8, 4) is 5.75 Å². The van der Waals surface area contributed by atoms with Crippen LogP contribution in [-0.2, 0) is 0 Å². The van der Waals surface area contributed by atoms with Crippen LogP contribution in [0.4, 0.5) is 0 Å². The molecule has 3 aromatic rings. The number of hydrogen-bond acceptors (Lipinski definition) is 5. The highest BCUT2D eigenvalue weighted by Crippen LogP contribution is 2.23. The zero-order valence-corrected chi connectivity index (χ0v) is 14.6. The van der Waals surface area contributed by atoms with Gasteiger partial charge in [-0.15, -0.1) is 11.3 Å². The van der Waals surface area contributed by atoms with Crippen molar-refractivity contribution in [2.24, 2.45) is 5.10 Å².